The van der Waals surface area contributed by atoms with Gasteiger partial charge in [-0.25, -0.2) is 0 Å². The molecule has 2 aromatic rings. The molecule has 1 aliphatic rings. The molecule has 1 atom stereocenters. The first-order valence-electron chi connectivity index (χ1n) is 9.02. The lowest BCUT2D eigenvalue weighted by atomic mass is 9.81. The maximum Gasteiger partial charge on any atom is 0.119 e. The van der Waals surface area contributed by atoms with Gasteiger partial charge >= 0.3 is 0 Å². The molecule has 1 aliphatic carbocycles. The average Bonchev–Trinajstić information content (AvgIpc) is 2.59. The third-order valence-corrected chi connectivity index (χ3v) is 5.42. The molecule has 0 heterocycles. The van der Waals surface area contributed by atoms with E-state index in [0.29, 0.717) is 17.6 Å². The quantitative estimate of drug-likeness (QED) is 0.724. The summed E-state index contributed by atoms with van der Waals surface area (Å²) in [5.74, 6) is 1.55. The van der Waals surface area contributed by atoms with Gasteiger partial charge in [0, 0.05) is 0 Å². The van der Waals surface area contributed by atoms with E-state index >= 15 is 0 Å². The van der Waals surface area contributed by atoms with Gasteiger partial charge in [0.25, 0.3) is 0 Å². The van der Waals surface area contributed by atoms with Crippen molar-refractivity contribution >= 4 is 0 Å². The molecule has 0 bridgehead atoms. The van der Waals surface area contributed by atoms with Crippen molar-refractivity contribution in [2.24, 2.45) is 0 Å². The Bertz CT molecular complexity index is 639. The lowest BCUT2D eigenvalue weighted by molar-refractivity contribution is 0.413. The van der Waals surface area contributed by atoms with Crippen LogP contribution in [0.1, 0.15) is 73.1 Å². The first-order valence-corrected chi connectivity index (χ1v) is 9.02. The van der Waals surface area contributed by atoms with Gasteiger partial charge in [0.1, 0.15) is 5.75 Å². The Labute approximate surface area is 140 Å². The SMILES string of the molecule is Cc1cc(O)c(C2CCCCC2)cc1CC(C)c1ccccc1. The monoisotopic (exact) mass is 308 g/mol. The van der Waals surface area contributed by atoms with Crippen LogP contribution in [0.25, 0.3) is 0 Å². The highest BCUT2D eigenvalue weighted by Gasteiger charge is 2.20. The van der Waals surface area contributed by atoms with Crippen LogP contribution in [-0.4, -0.2) is 5.11 Å². The highest BCUT2D eigenvalue weighted by Crippen LogP contribution is 2.39. The van der Waals surface area contributed by atoms with Crippen LogP contribution in [0, 0.1) is 6.92 Å². The smallest absolute Gasteiger partial charge is 0.119 e. The Morgan fingerprint density at radius 3 is 2.43 bits per heavy atom. The van der Waals surface area contributed by atoms with Gasteiger partial charge in [-0.15, -0.1) is 0 Å². The van der Waals surface area contributed by atoms with E-state index in [1.165, 1.54) is 54.4 Å². The van der Waals surface area contributed by atoms with E-state index < -0.39 is 0 Å². The fourth-order valence-corrected chi connectivity index (χ4v) is 3.95. The van der Waals surface area contributed by atoms with Crippen molar-refractivity contribution in [1.82, 2.24) is 0 Å². The molecule has 1 unspecified atom stereocenters. The van der Waals surface area contributed by atoms with Crippen molar-refractivity contribution in [2.45, 2.75) is 64.2 Å². The zero-order valence-corrected chi connectivity index (χ0v) is 14.4. The summed E-state index contributed by atoms with van der Waals surface area (Å²) in [5, 5.41) is 10.4. The molecule has 1 heteroatoms. The predicted octanol–water partition coefficient (Wildman–Crippen LogP) is 6.09. The zero-order valence-electron chi connectivity index (χ0n) is 14.4. The molecule has 23 heavy (non-hydrogen) atoms. The maximum absolute atomic E-state index is 10.4. The van der Waals surface area contributed by atoms with Crippen molar-refractivity contribution < 1.29 is 5.11 Å². The Morgan fingerprint density at radius 1 is 1.04 bits per heavy atom. The fraction of sp³-hybridized carbons (Fsp3) is 0.455. The lowest BCUT2D eigenvalue weighted by Crippen LogP contribution is -2.07. The summed E-state index contributed by atoms with van der Waals surface area (Å²) in [6.45, 7) is 4.42. The number of aryl methyl sites for hydroxylation is 1. The number of benzene rings is 2. The van der Waals surface area contributed by atoms with Crippen LogP contribution in [0.5, 0.6) is 5.75 Å². The summed E-state index contributed by atoms with van der Waals surface area (Å²) >= 11 is 0. The van der Waals surface area contributed by atoms with Gasteiger partial charge in [0.15, 0.2) is 0 Å². The van der Waals surface area contributed by atoms with Crippen molar-refractivity contribution in [2.75, 3.05) is 0 Å². The predicted molar refractivity (Wildman–Crippen MR) is 97.2 cm³/mol. The number of aromatic hydroxyl groups is 1. The molecule has 3 rings (SSSR count). The second-order valence-corrected chi connectivity index (χ2v) is 7.19. The molecule has 122 valence electrons. The molecule has 0 aromatic heterocycles. The summed E-state index contributed by atoms with van der Waals surface area (Å²) in [5.41, 5.74) is 5.18. The van der Waals surface area contributed by atoms with E-state index in [2.05, 4.69) is 50.2 Å². The second kappa shape index (κ2) is 7.21. The first-order chi connectivity index (χ1) is 11.1. The normalized spacial score (nSPS) is 17.1. The minimum atomic E-state index is 0.499. The largest absolute Gasteiger partial charge is 0.508 e. The van der Waals surface area contributed by atoms with Crippen LogP contribution in [0.4, 0.5) is 0 Å². The zero-order chi connectivity index (χ0) is 16.2. The number of phenolic OH excluding ortho intramolecular Hbond substituents is 1. The van der Waals surface area contributed by atoms with E-state index in [4.69, 9.17) is 0 Å². The van der Waals surface area contributed by atoms with Gasteiger partial charge in [-0.3, -0.25) is 0 Å². The Kier molecular flexibility index (Phi) is 5.05. The van der Waals surface area contributed by atoms with Crippen LogP contribution in [0.3, 0.4) is 0 Å². The molecular weight excluding hydrogens is 280 g/mol. The van der Waals surface area contributed by atoms with Crippen molar-refractivity contribution in [3.8, 4) is 5.75 Å². The van der Waals surface area contributed by atoms with Gasteiger partial charge in [0.2, 0.25) is 0 Å². The van der Waals surface area contributed by atoms with Crippen molar-refractivity contribution in [3.05, 3.63) is 64.7 Å². The van der Waals surface area contributed by atoms with E-state index in [-0.39, 0.29) is 0 Å². The topological polar surface area (TPSA) is 20.2 Å². The van der Waals surface area contributed by atoms with E-state index in [1.54, 1.807) is 0 Å². The molecule has 0 aliphatic heterocycles. The highest BCUT2D eigenvalue weighted by molar-refractivity contribution is 5.44. The second-order valence-electron chi connectivity index (χ2n) is 7.19. The fourth-order valence-electron chi connectivity index (χ4n) is 3.95. The van der Waals surface area contributed by atoms with E-state index in [9.17, 15) is 5.11 Å². The summed E-state index contributed by atoms with van der Waals surface area (Å²) in [6.07, 6.45) is 7.44. The molecule has 0 spiro atoms. The van der Waals surface area contributed by atoms with Crippen LogP contribution in [-0.2, 0) is 6.42 Å². The van der Waals surface area contributed by atoms with Gasteiger partial charge < -0.3 is 5.11 Å². The molecule has 1 fully saturated rings. The van der Waals surface area contributed by atoms with Gasteiger partial charge in [-0.05, 0) is 66.3 Å². The lowest BCUT2D eigenvalue weighted by Gasteiger charge is -2.24. The molecule has 0 saturated heterocycles. The standard InChI is InChI=1S/C22H28O/c1-16(18-9-5-3-6-10-18)13-20-15-21(22(23)14-17(20)2)19-11-7-4-8-12-19/h3,5-6,9-10,14-16,19,23H,4,7-8,11-13H2,1-2H3. The summed E-state index contributed by atoms with van der Waals surface area (Å²) in [7, 11) is 0. The molecule has 1 nitrogen and oxygen atoms in total. The van der Waals surface area contributed by atoms with Gasteiger partial charge in [0.05, 0.1) is 0 Å². The molecular formula is C22H28O. The Morgan fingerprint density at radius 2 is 1.74 bits per heavy atom. The molecule has 1 saturated carbocycles. The third kappa shape index (κ3) is 3.77. The van der Waals surface area contributed by atoms with Crippen molar-refractivity contribution in [1.29, 1.82) is 0 Å². The van der Waals surface area contributed by atoms with Gasteiger partial charge in [-0.2, -0.15) is 0 Å². The van der Waals surface area contributed by atoms with Crippen LogP contribution < -0.4 is 0 Å². The minimum Gasteiger partial charge on any atom is -0.508 e. The third-order valence-electron chi connectivity index (χ3n) is 5.42. The molecule has 0 radical (unpaired) electrons. The van der Waals surface area contributed by atoms with Crippen molar-refractivity contribution in [3.63, 3.8) is 0 Å². The number of rotatable bonds is 4. The molecule has 0 amide bonds. The summed E-state index contributed by atoms with van der Waals surface area (Å²) < 4.78 is 0. The Hall–Kier alpha value is -1.76. The maximum atomic E-state index is 10.4. The average molecular weight is 308 g/mol. The number of hydrogen-bond donors (Lipinski definition) is 1. The minimum absolute atomic E-state index is 0.499. The number of phenols is 1. The van der Waals surface area contributed by atoms with Crippen LogP contribution in [0.15, 0.2) is 42.5 Å². The highest BCUT2D eigenvalue weighted by atomic mass is 16.3. The number of hydrogen-bond acceptors (Lipinski definition) is 1. The Balaban J connectivity index is 1.84. The van der Waals surface area contributed by atoms with Gasteiger partial charge in [-0.1, -0.05) is 62.6 Å². The molecule has 1 N–H and O–H groups in total. The van der Waals surface area contributed by atoms with E-state index in [0.717, 1.165) is 6.42 Å². The first kappa shape index (κ1) is 16.1. The summed E-state index contributed by atoms with van der Waals surface area (Å²) in [6, 6.07) is 15.0. The summed E-state index contributed by atoms with van der Waals surface area (Å²) in [4.78, 5) is 0. The van der Waals surface area contributed by atoms with E-state index in [1.807, 2.05) is 6.07 Å². The van der Waals surface area contributed by atoms with Crippen LogP contribution in [0.2, 0.25) is 0 Å². The molecule has 2 aromatic carbocycles. The van der Waals surface area contributed by atoms with Crippen LogP contribution >= 0.6 is 0 Å².